The number of thioether (sulfide) groups is 1. The molecule has 3 heterocycles. The highest BCUT2D eigenvalue weighted by atomic mass is 32.2. The lowest BCUT2D eigenvalue weighted by Gasteiger charge is -1.90. The number of fused-ring (bicyclic) bond motifs is 1. The van der Waals surface area contributed by atoms with Gasteiger partial charge in [0.15, 0.2) is 4.34 Å². The summed E-state index contributed by atoms with van der Waals surface area (Å²) in [5.74, 6) is 0.830. The molecular weight excluding hydrogens is 252 g/mol. The zero-order valence-electron chi connectivity index (χ0n) is 9.20. The third-order valence-electron chi connectivity index (χ3n) is 2.26. The number of rotatable bonds is 3. The van der Waals surface area contributed by atoms with E-state index in [9.17, 15) is 0 Å². The first kappa shape index (κ1) is 10.7. The summed E-state index contributed by atoms with van der Waals surface area (Å²) in [5.41, 5.74) is 2.05. The monoisotopic (exact) mass is 262 g/mol. The van der Waals surface area contributed by atoms with Gasteiger partial charge in [0.25, 0.3) is 0 Å². The van der Waals surface area contributed by atoms with Crippen LogP contribution in [0.25, 0.3) is 5.65 Å². The molecule has 0 spiro atoms. The summed E-state index contributed by atoms with van der Waals surface area (Å²) in [6, 6.07) is 6.00. The van der Waals surface area contributed by atoms with Crippen molar-refractivity contribution in [2.75, 3.05) is 0 Å². The molecular formula is C11H10N4S2. The first-order valence-electron chi connectivity index (χ1n) is 5.17. The Hall–Kier alpha value is -1.40. The normalized spacial score (nSPS) is 11.1. The van der Waals surface area contributed by atoms with E-state index in [1.807, 2.05) is 35.7 Å². The fourth-order valence-electron chi connectivity index (χ4n) is 1.53. The predicted molar refractivity (Wildman–Crippen MR) is 69.4 cm³/mol. The maximum Gasteiger partial charge on any atom is 0.174 e. The van der Waals surface area contributed by atoms with Crippen molar-refractivity contribution < 1.29 is 0 Å². The number of aromatic nitrogens is 4. The molecule has 0 fully saturated rings. The molecule has 86 valence electrons. The van der Waals surface area contributed by atoms with E-state index in [2.05, 4.69) is 21.4 Å². The van der Waals surface area contributed by atoms with Crippen LogP contribution in [0.4, 0.5) is 0 Å². The molecule has 0 saturated heterocycles. The zero-order chi connectivity index (χ0) is 11.7. The highest BCUT2D eigenvalue weighted by molar-refractivity contribution is 8.00. The highest BCUT2D eigenvalue weighted by Crippen LogP contribution is 2.25. The lowest BCUT2D eigenvalue weighted by Crippen LogP contribution is -1.79. The van der Waals surface area contributed by atoms with E-state index in [4.69, 9.17) is 0 Å². The number of nitrogens with zero attached hydrogens (tertiary/aromatic N) is 4. The predicted octanol–water partition coefficient (Wildman–Crippen LogP) is 2.79. The van der Waals surface area contributed by atoms with Crippen LogP contribution >= 0.6 is 23.1 Å². The molecule has 0 N–H and O–H groups in total. The Morgan fingerprint density at radius 3 is 3.06 bits per heavy atom. The van der Waals surface area contributed by atoms with E-state index in [0.717, 1.165) is 26.4 Å². The van der Waals surface area contributed by atoms with Crippen LogP contribution in [0.1, 0.15) is 10.7 Å². The Morgan fingerprint density at radius 2 is 2.29 bits per heavy atom. The van der Waals surface area contributed by atoms with Crippen molar-refractivity contribution in [2.45, 2.75) is 17.0 Å². The van der Waals surface area contributed by atoms with Gasteiger partial charge in [-0.3, -0.25) is 0 Å². The summed E-state index contributed by atoms with van der Waals surface area (Å²) in [6.45, 7) is 1.96. The van der Waals surface area contributed by atoms with E-state index in [1.165, 1.54) is 0 Å². The van der Waals surface area contributed by atoms with E-state index in [-0.39, 0.29) is 0 Å². The number of hydrogen-bond donors (Lipinski definition) is 0. The minimum Gasteiger partial charge on any atom is -0.307 e. The van der Waals surface area contributed by atoms with Crippen LogP contribution in [-0.2, 0) is 5.75 Å². The number of aryl methyl sites for hydroxylation is 1. The first-order chi connectivity index (χ1) is 8.31. The van der Waals surface area contributed by atoms with Gasteiger partial charge in [-0.05, 0) is 19.1 Å². The second kappa shape index (κ2) is 4.46. The number of pyridine rings is 1. The highest BCUT2D eigenvalue weighted by Gasteiger charge is 2.05. The molecule has 0 amide bonds. The van der Waals surface area contributed by atoms with E-state index >= 15 is 0 Å². The van der Waals surface area contributed by atoms with Gasteiger partial charge < -0.3 is 4.40 Å². The van der Waals surface area contributed by atoms with Crippen LogP contribution in [0.3, 0.4) is 0 Å². The van der Waals surface area contributed by atoms with Gasteiger partial charge in [-0.2, -0.15) is 0 Å². The molecule has 0 aliphatic rings. The minimum atomic E-state index is 0.830. The molecule has 4 nitrogen and oxygen atoms in total. The largest absolute Gasteiger partial charge is 0.307 e. The van der Waals surface area contributed by atoms with Crippen molar-refractivity contribution in [3.63, 3.8) is 0 Å². The van der Waals surface area contributed by atoms with Gasteiger partial charge >= 0.3 is 0 Å². The van der Waals surface area contributed by atoms with Crippen LogP contribution < -0.4 is 0 Å². The summed E-state index contributed by atoms with van der Waals surface area (Å²) in [5, 5.41) is 9.08. The van der Waals surface area contributed by atoms with Gasteiger partial charge in [0.05, 0.1) is 5.69 Å². The molecule has 0 aliphatic heterocycles. The van der Waals surface area contributed by atoms with Crippen molar-refractivity contribution in [3.8, 4) is 0 Å². The van der Waals surface area contributed by atoms with Gasteiger partial charge in [-0.25, -0.2) is 4.98 Å². The van der Waals surface area contributed by atoms with Gasteiger partial charge in [0, 0.05) is 18.1 Å². The van der Waals surface area contributed by atoms with Crippen molar-refractivity contribution in [2.24, 2.45) is 0 Å². The smallest absolute Gasteiger partial charge is 0.174 e. The van der Waals surface area contributed by atoms with Crippen molar-refractivity contribution in [1.82, 2.24) is 19.6 Å². The minimum absolute atomic E-state index is 0.830. The van der Waals surface area contributed by atoms with Gasteiger partial charge in [0.1, 0.15) is 10.7 Å². The Kier molecular flexibility index (Phi) is 2.82. The van der Waals surface area contributed by atoms with Crippen molar-refractivity contribution in [3.05, 3.63) is 41.3 Å². The molecule has 6 heteroatoms. The Morgan fingerprint density at radius 1 is 1.35 bits per heavy atom. The molecule has 0 aliphatic carbocycles. The molecule has 0 bridgehead atoms. The second-order valence-electron chi connectivity index (χ2n) is 3.57. The van der Waals surface area contributed by atoms with Crippen LogP contribution in [-0.4, -0.2) is 19.6 Å². The van der Waals surface area contributed by atoms with Gasteiger partial charge in [-0.1, -0.05) is 29.2 Å². The molecule has 3 aromatic rings. The van der Waals surface area contributed by atoms with Crippen molar-refractivity contribution >= 4 is 28.7 Å². The van der Waals surface area contributed by atoms with Crippen molar-refractivity contribution in [1.29, 1.82) is 0 Å². The Bertz CT molecular complexity index is 611. The average molecular weight is 262 g/mol. The van der Waals surface area contributed by atoms with Crippen LogP contribution in [0.15, 0.2) is 34.9 Å². The first-order valence-corrected chi connectivity index (χ1v) is 6.97. The standard InChI is InChI=1S/C11H10N4S2/c1-8-13-14-11(17-8)16-7-9-6-15-5-3-2-4-10(15)12-9/h2-6H,7H2,1H3. The fourth-order valence-corrected chi connectivity index (χ4v) is 3.23. The zero-order valence-corrected chi connectivity index (χ0v) is 10.8. The maximum absolute atomic E-state index is 4.53. The molecule has 0 atom stereocenters. The SMILES string of the molecule is Cc1nnc(SCc2cn3ccccc3n2)s1. The number of hydrogen-bond acceptors (Lipinski definition) is 5. The molecule has 0 unspecified atom stereocenters. The molecule has 0 radical (unpaired) electrons. The molecule has 17 heavy (non-hydrogen) atoms. The van der Waals surface area contributed by atoms with E-state index in [1.54, 1.807) is 23.1 Å². The summed E-state index contributed by atoms with van der Waals surface area (Å²) in [4.78, 5) is 4.53. The molecule has 3 rings (SSSR count). The summed E-state index contributed by atoms with van der Waals surface area (Å²) >= 11 is 3.30. The summed E-state index contributed by atoms with van der Waals surface area (Å²) < 4.78 is 3.03. The van der Waals surface area contributed by atoms with Gasteiger partial charge in [0.2, 0.25) is 0 Å². The lowest BCUT2D eigenvalue weighted by molar-refractivity contribution is 0.983. The Labute approximate surface area is 107 Å². The molecule has 3 aromatic heterocycles. The van der Waals surface area contributed by atoms with E-state index in [0.29, 0.717) is 0 Å². The van der Waals surface area contributed by atoms with Crippen LogP contribution in [0, 0.1) is 6.92 Å². The van der Waals surface area contributed by atoms with E-state index < -0.39 is 0 Å². The molecule has 0 saturated carbocycles. The van der Waals surface area contributed by atoms with Crippen LogP contribution in [0.2, 0.25) is 0 Å². The maximum atomic E-state index is 4.53. The quantitative estimate of drug-likeness (QED) is 0.681. The Balaban J connectivity index is 1.76. The third kappa shape index (κ3) is 2.32. The number of imidazole rings is 1. The summed E-state index contributed by atoms with van der Waals surface area (Å²) in [7, 11) is 0. The lowest BCUT2D eigenvalue weighted by atomic mass is 10.5. The average Bonchev–Trinajstić information content (AvgIpc) is 2.91. The fraction of sp³-hybridized carbons (Fsp3) is 0.182. The molecule has 0 aromatic carbocycles. The van der Waals surface area contributed by atoms with Gasteiger partial charge in [-0.15, -0.1) is 10.2 Å². The topological polar surface area (TPSA) is 43.1 Å². The van der Waals surface area contributed by atoms with Crippen LogP contribution in [0.5, 0.6) is 0 Å². The summed E-state index contributed by atoms with van der Waals surface area (Å²) in [6.07, 6.45) is 4.06. The second-order valence-corrected chi connectivity index (χ2v) is 5.98. The third-order valence-corrected chi connectivity index (χ3v) is 4.27.